The zero-order valence-corrected chi connectivity index (χ0v) is 28.8. The van der Waals surface area contributed by atoms with E-state index in [0.717, 1.165) is 50.5 Å². The number of rotatable bonds is 8. The number of ether oxygens (including phenoxy) is 1. The quantitative estimate of drug-likeness (QED) is 0.211. The highest BCUT2D eigenvalue weighted by molar-refractivity contribution is 7.91. The van der Waals surface area contributed by atoms with Crippen LogP contribution < -0.4 is 15.4 Å². The normalized spacial score (nSPS) is 30.6. The first kappa shape index (κ1) is 34.9. The van der Waals surface area contributed by atoms with Crippen LogP contribution in [0, 0.1) is 5.92 Å². The number of nitrogens with one attached hydrogen (secondary N) is 3. The van der Waals surface area contributed by atoms with Gasteiger partial charge < -0.3 is 25.1 Å². The van der Waals surface area contributed by atoms with Crippen molar-refractivity contribution in [3.05, 3.63) is 48.0 Å². The summed E-state index contributed by atoms with van der Waals surface area (Å²) in [5, 5.41) is 9.35. The van der Waals surface area contributed by atoms with Crippen molar-refractivity contribution in [3.63, 3.8) is 0 Å². The highest BCUT2D eigenvalue weighted by atomic mass is 32.2. The fourth-order valence-corrected chi connectivity index (χ4v) is 8.42. The molecule has 49 heavy (non-hydrogen) atoms. The predicted molar refractivity (Wildman–Crippen MR) is 181 cm³/mol. The Bertz CT molecular complexity index is 1570. The number of fused-ring (bicyclic) bond motifs is 2. The molecule has 5 aliphatic rings. The maximum atomic E-state index is 14.3. The monoisotopic (exact) mass is 697 g/mol. The fourth-order valence-electron chi connectivity index (χ4n) is 7.06. The van der Waals surface area contributed by atoms with Crippen molar-refractivity contribution in [1.82, 2.24) is 20.3 Å². The van der Waals surface area contributed by atoms with Crippen LogP contribution in [0.1, 0.15) is 96.0 Å². The topological polar surface area (TPSA) is 173 Å². The molecule has 3 N–H and O–H groups in total. The van der Waals surface area contributed by atoms with Gasteiger partial charge in [0.15, 0.2) is 0 Å². The van der Waals surface area contributed by atoms with Gasteiger partial charge in [0.05, 0.1) is 17.5 Å². The maximum Gasteiger partial charge on any atom is 0.408 e. The lowest BCUT2D eigenvalue weighted by Gasteiger charge is -2.30. The van der Waals surface area contributed by atoms with E-state index >= 15 is 0 Å². The first-order valence-corrected chi connectivity index (χ1v) is 19.2. The summed E-state index contributed by atoms with van der Waals surface area (Å²) in [5.41, 5.74) is 0.0139. The van der Waals surface area contributed by atoms with Gasteiger partial charge in [-0.3, -0.25) is 19.1 Å². The van der Waals surface area contributed by atoms with Gasteiger partial charge >= 0.3 is 6.09 Å². The van der Waals surface area contributed by atoms with Crippen LogP contribution in [-0.2, 0) is 34.0 Å². The van der Waals surface area contributed by atoms with E-state index < -0.39 is 68.7 Å². The minimum Gasteiger partial charge on any atom is -0.446 e. The van der Waals surface area contributed by atoms with Gasteiger partial charge in [0.1, 0.15) is 29.8 Å². The molecule has 0 spiro atoms. The van der Waals surface area contributed by atoms with Crippen molar-refractivity contribution in [1.29, 1.82) is 0 Å². The van der Waals surface area contributed by atoms with E-state index in [1.165, 1.54) is 4.90 Å². The van der Waals surface area contributed by atoms with Crippen molar-refractivity contribution < 1.29 is 37.2 Å². The van der Waals surface area contributed by atoms with Crippen LogP contribution in [-0.4, -0.2) is 84.5 Å². The number of amides is 4. The van der Waals surface area contributed by atoms with Crippen LogP contribution in [0.4, 0.5) is 4.79 Å². The van der Waals surface area contributed by atoms with Crippen molar-refractivity contribution in [2.24, 2.45) is 11.1 Å². The second kappa shape index (κ2) is 14.9. The van der Waals surface area contributed by atoms with E-state index in [1.807, 2.05) is 42.5 Å². The van der Waals surface area contributed by atoms with Crippen molar-refractivity contribution in [2.45, 2.75) is 125 Å². The number of allylic oxidation sites excluding steroid dienone is 1. The smallest absolute Gasteiger partial charge is 0.408 e. The zero-order chi connectivity index (χ0) is 34.6. The number of oxime groups is 1. The second-order valence-corrected chi connectivity index (χ2v) is 16.0. The molecule has 13 nitrogen and oxygen atoms in total. The van der Waals surface area contributed by atoms with Crippen molar-refractivity contribution in [2.75, 3.05) is 6.54 Å². The molecule has 0 aromatic heterocycles. The number of sulfonamides is 1. The average Bonchev–Trinajstić information content (AvgIpc) is 3.95. The Morgan fingerprint density at radius 1 is 0.980 bits per heavy atom. The van der Waals surface area contributed by atoms with Crippen LogP contribution in [0.2, 0.25) is 0 Å². The largest absolute Gasteiger partial charge is 0.446 e. The van der Waals surface area contributed by atoms with Crippen LogP contribution in [0.25, 0.3) is 0 Å². The third-order valence-corrected chi connectivity index (χ3v) is 12.1. The second-order valence-electron chi connectivity index (χ2n) is 14.0. The van der Waals surface area contributed by atoms with E-state index in [4.69, 9.17) is 9.57 Å². The molecule has 1 saturated heterocycles. The standard InChI is InChI=1S/C35H47N5O8S/c1-23(24-12-6-5-7-13-24)38-48-27-20-30-31(41)37-35(33(43)39-49(45,46)28-18-19-28)21-25(35)14-8-3-2-4-9-17-29(32(42)40(30)22-27)36-34(44)47-26-15-10-11-16-26/h5-8,12-14,25-30H,2-4,9-11,15-22H2,1H3,(H,36,44)(H,37,41)(H,39,43)/b14-8-,38-23+/t25-,27-,29+,30+,35?/m1/s1. The number of alkyl carbamates (subject to hydrolysis) is 1. The van der Waals surface area contributed by atoms with Gasteiger partial charge in [-0.2, -0.15) is 0 Å². The van der Waals surface area contributed by atoms with E-state index in [-0.39, 0.29) is 25.5 Å². The molecule has 3 saturated carbocycles. The van der Waals surface area contributed by atoms with Gasteiger partial charge in [-0.15, -0.1) is 0 Å². The summed E-state index contributed by atoms with van der Waals surface area (Å²) in [6.07, 6.45) is 10.5. The molecule has 1 aromatic carbocycles. The van der Waals surface area contributed by atoms with Gasteiger partial charge in [-0.25, -0.2) is 13.2 Å². The molecule has 4 fully saturated rings. The number of benzene rings is 1. The van der Waals surface area contributed by atoms with Crippen LogP contribution in [0.3, 0.4) is 0 Å². The fraction of sp³-hybridized carbons (Fsp3) is 0.629. The number of carbonyl (C=O) groups excluding carboxylic acids is 4. The maximum absolute atomic E-state index is 14.3. The molecule has 3 aliphatic carbocycles. The summed E-state index contributed by atoms with van der Waals surface area (Å²) in [4.78, 5) is 62.3. The number of hydrogen-bond donors (Lipinski definition) is 3. The Kier molecular flexibility index (Phi) is 10.6. The zero-order valence-electron chi connectivity index (χ0n) is 28.0. The van der Waals surface area contributed by atoms with Crippen LogP contribution in [0.15, 0.2) is 47.6 Å². The summed E-state index contributed by atoms with van der Waals surface area (Å²) in [6.45, 7) is 1.83. The molecule has 6 rings (SSSR count). The van der Waals surface area contributed by atoms with E-state index in [9.17, 15) is 27.6 Å². The number of hydrogen-bond acceptors (Lipinski definition) is 9. The molecule has 14 heteroatoms. The number of nitrogens with zero attached hydrogens (tertiary/aromatic N) is 2. The molecule has 1 aromatic rings. The number of carbonyl (C=O) groups is 4. The lowest BCUT2D eigenvalue weighted by atomic mass is 10.0. The van der Waals surface area contributed by atoms with Crippen LogP contribution >= 0.6 is 0 Å². The Hall–Kier alpha value is -3.94. The Morgan fingerprint density at radius 2 is 1.71 bits per heavy atom. The minimum absolute atomic E-state index is 0.0247. The molecule has 1 unspecified atom stereocenters. The highest BCUT2D eigenvalue weighted by Crippen LogP contribution is 2.46. The van der Waals surface area contributed by atoms with Gasteiger partial charge in [0.2, 0.25) is 21.8 Å². The summed E-state index contributed by atoms with van der Waals surface area (Å²) in [6, 6.07) is 7.47. The third kappa shape index (κ3) is 8.45. The van der Waals surface area contributed by atoms with Gasteiger partial charge in [0.25, 0.3) is 5.91 Å². The highest BCUT2D eigenvalue weighted by Gasteiger charge is 2.62. The van der Waals surface area contributed by atoms with E-state index in [2.05, 4.69) is 20.5 Å². The molecule has 5 atom stereocenters. The summed E-state index contributed by atoms with van der Waals surface area (Å²) >= 11 is 0. The Morgan fingerprint density at radius 3 is 2.45 bits per heavy atom. The van der Waals surface area contributed by atoms with Crippen molar-refractivity contribution >= 4 is 39.5 Å². The average molecular weight is 698 g/mol. The first-order valence-electron chi connectivity index (χ1n) is 17.6. The Labute approximate surface area is 287 Å². The summed E-state index contributed by atoms with van der Waals surface area (Å²) in [5.74, 6) is -2.21. The predicted octanol–water partition coefficient (Wildman–Crippen LogP) is 3.44. The van der Waals surface area contributed by atoms with Gasteiger partial charge in [0, 0.05) is 12.3 Å². The SMILES string of the molecule is C/C(=N\O[C@@H]1C[C@H]2C(=O)NC3(C(=O)NS(=O)(=O)C4CC4)C[C@H]3/C=C\CCCCC[C@H](NC(=O)OC3CCCC3)C(=O)N2C1)c1ccccc1. The molecular formula is C35H47N5O8S. The molecule has 0 radical (unpaired) electrons. The lowest BCUT2D eigenvalue weighted by molar-refractivity contribution is -0.141. The Balaban J connectivity index is 1.25. The van der Waals surface area contributed by atoms with Gasteiger partial charge in [-0.05, 0) is 76.7 Å². The minimum atomic E-state index is -3.86. The molecule has 4 amide bonds. The summed E-state index contributed by atoms with van der Waals surface area (Å²) in [7, 11) is -3.86. The molecule has 266 valence electrons. The first-order chi connectivity index (χ1) is 23.6. The third-order valence-electron chi connectivity index (χ3n) is 10.2. The molecular weight excluding hydrogens is 650 g/mol. The van der Waals surface area contributed by atoms with E-state index in [1.54, 1.807) is 6.92 Å². The lowest BCUT2D eigenvalue weighted by Crippen LogP contribution is -2.58. The van der Waals surface area contributed by atoms with E-state index in [0.29, 0.717) is 31.4 Å². The summed E-state index contributed by atoms with van der Waals surface area (Å²) < 4.78 is 33.3. The van der Waals surface area contributed by atoms with Crippen LogP contribution in [0.5, 0.6) is 0 Å². The van der Waals surface area contributed by atoms with Gasteiger partial charge in [-0.1, -0.05) is 60.5 Å². The molecule has 2 heterocycles. The molecule has 0 bridgehead atoms. The molecule has 2 aliphatic heterocycles. The van der Waals surface area contributed by atoms with Crippen molar-refractivity contribution in [3.8, 4) is 0 Å².